The van der Waals surface area contributed by atoms with Crippen molar-refractivity contribution in [3.8, 4) is 0 Å². The molecular formula is C12H17N5OS2. The molecule has 2 aromatic rings. The summed E-state index contributed by atoms with van der Waals surface area (Å²) in [4.78, 5) is 21.8. The molecule has 0 aliphatic rings. The molecule has 0 unspecified atom stereocenters. The van der Waals surface area contributed by atoms with Crippen molar-refractivity contribution >= 4 is 44.7 Å². The van der Waals surface area contributed by atoms with Crippen molar-refractivity contribution < 1.29 is 4.79 Å². The van der Waals surface area contributed by atoms with E-state index in [-0.39, 0.29) is 17.3 Å². The maximum atomic E-state index is 12.1. The number of aryl methyl sites for hydroxylation is 1. The Morgan fingerprint density at radius 1 is 1.30 bits per heavy atom. The van der Waals surface area contributed by atoms with Gasteiger partial charge >= 0.3 is 0 Å². The molecule has 2 aromatic heterocycles. The van der Waals surface area contributed by atoms with Gasteiger partial charge in [-0.05, 0) is 27.7 Å². The van der Waals surface area contributed by atoms with Gasteiger partial charge in [0.1, 0.15) is 10.7 Å². The van der Waals surface area contributed by atoms with Crippen LogP contribution in [0.3, 0.4) is 0 Å². The predicted octanol–water partition coefficient (Wildman–Crippen LogP) is 2.95. The predicted molar refractivity (Wildman–Crippen MR) is 84.7 cm³/mol. The molecule has 2 rings (SSSR count). The monoisotopic (exact) mass is 311 g/mol. The molecule has 0 spiro atoms. The molecule has 2 heterocycles. The van der Waals surface area contributed by atoms with E-state index in [1.165, 1.54) is 22.7 Å². The molecule has 0 aliphatic heterocycles. The molecule has 0 fully saturated rings. The fourth-order valence-electron chi connectivity index (χ4n) is 1.44. The molecular weight excluding hydrogens is 294 g/mol. The van der Waals surface area contributed by atoms with Gasteiger partial charge in [0.25, 0.3) is 5.91 Å². The van der Waals surface area contributed by atoms with Gasteiger partial charge in [-0.2, -0.15) is 0 Å². The Morgan fingerprint density at radius 3 is 2.55 bits per heavy atom. The van der Waals surface area contributed by atoms with Gasteiger partial charge in [0.15, 0.2) is 10.3 Å². The van der Waals surface area contributed by atoms with Crippen molar-refractivity contribution in [1.82, 2.24) is 9.97 Å². The molecule has 6 nitrogen and oxygen atoms in total. The Morgan fingerprint density at radius 2 is 2.00 bits per heavy atom. The minimum atomic E-state index is -0.281. The number of nitrogen functional groups attached to an aromatic ring is 1. The Labute approximate surface area is 125 Å². The fourth-order valence-corrected chi connectivity index (χ4v) is 3.08. The lowest BCUT2D eigenvalue weighted by Crippen LogP contribution is -2.25. The van der Waals surface area contributed by atoms with Crippen molar-refractivity contribution in [2.24, 2.45) is 0 Å². The van der Waals surface area contributed by atoms with Gasteiger partial charge in [0, 0.05) is 16.6 Å². The fraction of sp³-hybridized carbons (Fsp3) is 0.417. The Bertz CT molecular complexity index is 626. The Balaban J connectivity index is 2.14. The second-order valence-electron chi connectivity index (χ2n) is 5.34. The molecule has 0 aromatic carbocycles. The highest BCUT2D eigenvalue weighted by Crippen LogP contribution is 2.28. The molecule has 0 saturated heterocycles. The molecule has 20 heavy (non-hydrogen) atoms. The van der Waals surface area contributed by atoms with Crippen LogP contribution in [-0.4, -0.2) is 21.4 Å². The van der Waals surface area contributed by atoms with Crippen LogP contribution < -0.4 is 16.4 Å². The quantitative estimate of drug-likeness (QED) is 0.810. The molecule has 8 heteroatoms. The topological polar surface area (TPSA) is 92.9 Å². The van der Waals surface area contributed by atoms with Crippen molar-refractivity contribution in [3.05, 3.63) is 16.0 Å². The number of amides is 1. The summed E-state index contributed by atoms with van der Waals surface area (Å²) in [5, 5.41) is 7.12. The minimum Gasteiger partial charge on any atom is -0.382 e. The van der Waals surface area contributed by atoms with Crippen LogP contribution >= 0.6 is 22.7 Å². The van der Waals surface area contributed by atoms with E-state index in [1.807, 2.05) is 27.7 Å². The number of hydrogen-bond donors (Lipinski definition) is 3. The van der Waals surface area contributed by atoms with Crippen molar-refractivity contribution in [2.75, 3.05) is 16.4 Å². The number of carbonyl (C=O) groups excluding carboxylic acids is 1. The molecule has 0 bridgehead atoms. The molecule has 4 N–H and O–H groups in total. The summed E-state index contributed by atoms with van der Waals surface area (Å²) in [5.41, 5.74) is 5.67. The van der Waals surface area contributed by atoms with Crippen molar-refractivity contribution in [1.29, 1.82) is 0 Å². The lowest BCUT2D eigenvalue weighted by molar-refractivity contribution is 0.103. The molecule has 0 radical (unpaired) electrons. The van der Waals surface area contributed by atoms with Gasteiger partial charge in [0.05, 0.1) is 0 Å². The average Bonchev–Trinajstić information content (AvgIpc) is 2.83. The Hall–Kier alpha value is -1.67. The van der Waals surface area contributed by atoms with Crippen molar-refractivity contribution in [2.45, 2.75) is 33.2 Å². The zero-order chi connectivity index (χ0) is 14.9. The lowest BCUT2D eigenvalue weighted by Gasteiger charge is -2.19. The number of hydrogen-bond acceptors (Lipinski definition) is 7. The minimum absolute atomic E-state index is 0.134. The van der Waals surface area contributed by atoms with E-state index in [0.717, 1.165) is 4.88 Å². The van der Waals surface area contributed by atoms with Gasteiger partial charge in [-0.15, -0.1) is 11.3 Å². The van der Waals surface area contributed by atoms with E-state index in [4.69, 9.17) is 5.73 Å². The highest BCUT2D eigenvalue weighted by molar-refractivity contribution is 7.18. The van der Waals surface area contributed by atoms with Gasteiger partial charge in [-0.1, -0.05) is 11.3 Å². The first-order valence-corrected chi connectivity index (χ1v) is 7.66. The van der Waals surface area contributed by atoms with E-state index >= 15 is 0 Å². The summed E-state index contributed by atoms with van der Waals surface area (Å²) in [5.74, 6) is -0.0520. The van der Waals surface area contributed by atoms with Gasteiger partial charge in [-0.25, -0.2) is 9.97 Å². The average molecular weight is 311 g/mol. The number of nitrogens with one attached hydrogen (secondary N) is 2. The number of carbonyl (C=O) groups is 1. The largest absolute Gasteiger partial charge is 0.382 e. The number of anilines is 3. The number of rotatable bonds is 3. The summed E-state index contributed by atoms with van der Waals surface area (Å²) in [6, 6.07) is 0. The van der Waals surface area contributed by atoms with Crippen LogP contribution in [0.15, 0.2) is 6.20 Å². The highest BCUT2D eigenvalue weighted by Gasteiger charge is 2.19. The smallest absolute Gasteiger partial charge is 0.271 e. The zero-order valence-corrected chi connectivity index (χ0v) is 13.4. The third kappa shape index (κ3) is 3.67. The molecule has 0 saturated carbocycles. The standard InChI is InChI=1S/C12H17N5OS2/c1-6-5-14-10(19-6)16-9(18)7-8(13)15-11(20-7)17-12(2,3)4/h5H,13H2,1-4H3,(H,15,17)(H,14,16,18). The first-order valence-electron chi connectivity index (χ1n) is 6.03. The summed E-state index contributed by atoms with van der Waals surface area (Å²) in [7, 11) is 0. The van der Waals surface area contributed by atoms with Gasteiger partial charge in [0.2, 0.25) is 0 Å². The van der Waals surface area contributed by atoms with Crippen LogP contribution in [0.2, 0.25) is 0 Å². The highest BCUT2D eigenvalue weighted by atomic mass is 32.1. The van der Waals surface area contributed by atoms with E-state index in [2.05, 4.69) is 20.6 Å². The summed E-state index contributed by atoms with van der Waals surface area (Å²) >= 11 is 2.66. The number of nitrogens with zero attached hydrogens (tertiary/aromatic N) is 2. The normalized spacial score (nSPS) is 11.4. The van der Waals surface area contributed by atoms with Crippen LogP contribution in [0.1, 0.15) is 35.3 Å². The van der Waals surface area contributed by atoms with Crippen LogP contribution in [0.25, 0.3) is 0 Å². The van der Waals surface area contributed by atoms with Gasteiger partial charge in [-0.3, -0.25) is 10.1 Å². The van der Waals surface area contributed by atoms with E-state index < -0.39 is 0 Å². The number of thiazole rings is 2. The van der Waals surface area contributed by atoms with Crippen LogP contribution in [-0.2, 0) is 0 Å². The first kappa shape index (κ1) is 14.7. The molecule has 1 amide bonds. The van der Waals surface area contributed by atoms with Crippen LogP contribution in [0.5, 0.6) is 0 Å². The number of nitrogens with two attached hydrogens (primary N) is 1. The van der Waals surface area contributed by atoms with E-state index in [0.29, 0.717) is 15.1 Å². The third-order valence-electron chi connectivity index (χ3n) is 2.18. The molecule has 108 valence electrons. The second kappa shape index (κ2) is 5.37. The summed E-state index contributed by atoms with van der Waals surface area (Å²) < 4.78 is 0. The Kier molecular flexibility index (Phi) is 3.96. The van der Waals surface area contributed by atoms with Gasteiger partial charge < -0.3 is 11.1 Å². The van der Waals surface area contributed by atoms with Crippen molar-refractivity contribution in [3.63, 3.8) is 0 Å². The van der Waals surface area contributed by atoms with Crippen LogP contribution in [0, 0.1) is 6.92 Å². The summed E-state index contributed by atoms with van der Waals surface area (Å²) in [6.45, 7) is 7.98. The maximum Gasteiger partial charge on any atom is 0.271 e. The summed E-state index contributed by atoms with van der Waals surface area (Å²) in [6.07, 6.45) is 1.71. The SMILES string of the molecule is Cc1cnc(NC(=O)c2sc(NC(C)(C)C)nc2N)s1. The third-order valence-corrected chi connectivity index (χ3v) is 4.00. The zero-order valence-electron chi connectivity index (χ0n) is 11.8. The maximum absolute atomic E-state index is 12.1. The second-order valence-corrected chi connectivity index (χ2v) is 7.57. The van der Waals surface area contributed by atoms with E-state index in [9.17, 15) is 4.79 Å². The molecule has 0 atom stereocenters. The van der Waals surface area contributed by atoms with Crippen LogP contribution in [0.4, 0.5) is 16.1 Å². The molecule has 0 aliphatic carbocycles. The lowest BCUT2D eigenvalue weighted by atomic mass is 10.1. The number of aromatic nitrogens is 2. The first-order chi connectivity index (χ1) is 9.24. The van der Waals surface area contributed by atoms with E-state index in [1.54, 1.807) is 6.20 Å².